The summed E-state index contributed by atoms with van der Waals surface area (Å²) >= 11 is 0. The van der Waals surface area contributed by atoms with Crippen molar-refractivity contribution in [3.8, 4) is 28.2 Å². The van der Waals surface area contributed by atoms with Gasteiger partial charge in [0.15, 0.2) is 16.6 Å². The van der Waals surface area contributed by atoms with Gasteiger partial charge in [-0.15, -0.1) is 0 Å². The number of aromatic nitrogens is 2. The fourth-order valence-corrected chi connectivity index (χ4v) is 8.66. The van der Waals surface area contributed by atoms with Gasteiger partial charge in [-0.25, -0.2) is 4.57 Å². The molecule has 7 aromatic carbocycles. The molecule has 0 amide bonds. The molecule has 0 aliphatic carbocycles. The second-order valence-corrected chi connectivity index (χ2v) is 15.2. The number of aryl methyl sites for hydroxylation is 2. The second-order valence-electron chi connectivity index (χ2n) is 15.2. The lowest BCUT2D eigenvalue weighted by atomic mass is 9.87. The molecule has 0 N–H and O–H groups in total. The molecule has 0 bridgehead atoms. The first-order valence-corrected chi connectivity index (χ1v) is 18.7. The molecule has 4 nitrogen and oxygen atoms in total. The molecule has 3 heterocycles. The first kappa shape index (κ1) is 31.6. The average molecular weight is 690 g/mol. The van der Waals surface area contributed by atoms with Crippen LogP contribution in [0.15, 0.2) is 136 Å². The largest absolute Gasteiger partial charge is 0.456 e. The van der Waals surface area contributed by atoms with Gasteiger partial charge >= 0.3 is 0 Å². The SMILES string of the molecule is Cc1ccc2c(oc3c4ccccc4ccc23)c1-c1n(-c2c(C(C)C)cc(-c3ccc4c(c3)oc3ccccc34)cc2C(C)C)c2ccccc2[n+]1C. The molecule has 3 aromatic heterocycles. The van der Waals surface area contributed by atoms with Crippen molar-refractivity contribution < 1.29 is 13.4 Å². The van der Waals surface area contributed by atoms with Crippen molar-refractivity contribution in [3.63, 3.8) is 0 Å². The van der Waals surface area contributed by atoms with Crippen molar-refractivity contribution in [2.45, 2.75) is 46.5 Å². The Morgan fingerprint density at radius 2 is 1.19 bits per heavy atom. The van der Waals surface area contributed by atoms with Crippen LogP contribution in [0.5, 0.6) is 0 Å². The van der Waals surface area contributed by atoms with Crippen LogP contribution in [-0.4, -0.2) is 4.57 Å². The third kappa shape index (κ3) is 4.64. The first-order valence-electron chi connectivity index (χ1n) is 18.7. The normalized spacial score (nSPS) is 12.3. The van der Waals surface area contributed by atoms with Gasteiger partial charge in [0.1, 0.15) is 28.0 Å². The molecule has 258 valence electrons. The Labute approximate surface area is 308 Å². The highest BCUT2D eigenvalue weighted by Crippen LogP contribution is 2.44. The van der Waals surface area contributed by atoms with Crippen molar-refractivity contribution in [2.24, 2.45) is 7.05 Å². The summed E-state index contributed by atoms with van der Waals surface area (Å²) in [6.45, 7) is 11.5. The molecule has 0 radical (unpaired) electrons. The maximum absolute atomic E-state index is 7.03. The Bertz CT molecular complexity index is 3070. The van der Waals surface area contributed by atoms with Gasteiger partial charge in [0, 0.05) is 38.1 Å². The van der Waals surface area contributed by atoms with Gasteiger partial charge in [-0.2, -0.15) is 4.57 Å². The Hall–Kier alpha value is -6.13. The van der Waals surface area contributed by atoms with Crippen LogP contribution in [0.1, 0.15) is 56.2 Å². The lowest BCUT2D eigenvalue weighted by Gasteiger charge is -2.21. The maximum atomic E-state index is 7.03. The van der Waals surface area contributed by atoms with Gasteiger partial charge < -0.3 is 8.83 Å². The monoisotopic (exact) mass is 689 g/mol. The molecular weight excluding hydrogens is 649 g/mol. The van der Waals surface area contributed by atoms with Gasteiger partial charge in [-0.1, -0.05) is 107 Å². The average Bonchev–Trinajstić information content (AvgIpc) is 3.83. The van der Waals surface area contributed by atoms with Crippen LogP contribution in [-0.2, 0) is 7.05 Å². The number of para-hydroxylation sites is 3. The molecule has 0 unspecified atom stereocenters. The van der Waals surface area contributed by atoms with E-state index in [-0.39, 0.29) is 11.8 Å². The molecule has 0 atom stereocenters. The van der Waals surface area contributed by atoms with Crippen LogP contribution in [0.3, 0.4) is 0 Å². The second kappa shape index (κ2) is 11.7. The molecule has 4 heteroatoms. The summed E-state index contributed by atoms with van der Waals surface area (Å²) in [5.41, 5.74) is 14.5. The van der Waals surface area contributed by atoms with Crippen molar-refractivity contribution in [3.05, 3.63) is 144 Å². The number of benzene rings is 7. The van der Waals surface area contributed by atoms with E-state index in [0.29, 0.717) is 0 Å². The zero-order valence-electron chi connectivity index (χ0n) is 31.0. The van der Waals surface area contributed by atoms with Gasteiger partial charge in [0.2, 0.25) is 0 Å². The van der Waals surface area contributed by atoms with E-state index in [2.05, 4.69) is 166 Å². The molecular formula is C49H41N2O2+. The number of fused-ring (bicyclic) bond motifs is 9. The minimum absolute atomic E-state index is 0.256. The predicted octanol–water partition coefficient (Wildman–Crippen LogP) is 13.3. The highest BCUT2D eigenvalue weighted by molar-refractivity contribution is 6.17. The summed E-state index contributed by atoms with van der Waals surface area (Å²) in [5, 5.41) is 6.88. The van der Waals surface area contributed by atoms with Crippen molar-refractivity contribution in [2.75, 3.05) is 0 Å². The lowest BCUT2D eigenvalue weighted by Crippen LogP contribution is -2.30. The third-order valence-electron chi connectivity index (χ3n) is 11.3. The fourth-order valence-electron chi connectivity index (χ4n) is 8.66. The minimum atomic E-state index is 0.256. The Morgan fingerprint density at radius 3 is 1.98 bits per heavy atom. The fraction of sp³-hybridized carbons (Fsp3) is 0.163. The number of rotatable bonds is 5. The molecule has 0 saturated heterocycles. The summed E-state index contributed by atoms with van der Waals surface area (Å²) in [4.78, 5) is 0. The summed E-state index contributed by atoms with van der Waals surface area (Å²) in [5.74, 6) is 1.62. The van der Waals surface area contributed by atoms with Gasteiger partial charge in [-0.05, 0) is 89.4 Å². The van der Waals surface area contributed by atoms with E-state index in [1.54, 1.807) is 0 Å². The van der Waals surface area contributed by atoms with Crippen LogP contribution in [0.2, 0.25) is 0 Å². The Balaban J connectivity index is 1.28. The highest BCUT2D eigenvalue weighted by atomic mass is 16.3. The van der Waals surface area contributed by atoms with E-state index in [0.717, 1.165) is 66.2 Å². The standard InChI is InChI=1S/C49H41N2O2/c1-28(2)39-25-33(32-21-23-36-35-15-9-12-18-43(35)52-44(36)27-32)26-40(29(3)4)46(39)51-42-17-11-10-16-41(42)50(6)49(51)45-30(5)19-22-38-37-24-20-31-13-7-8-14-34(31)47(37)53-48(38)45/h7-29H,1-6H3/q+1. The number of hydrogen-bond acceptors (Lipinski definition) is 2. The van der Waals surface area contributed by atoms with E-state index in [9.17, 15) is 0 Å². The molecule has 53 heavy (non-hydrogen) atoms. The zero-order valence-corrected chi connectivity index (χ0v) is 31.0. The number of nitrogens with zero attached hydrogens (tertiary/aromatic N) is 2. The molecule has 10 rings (SSSR count). The highest BCUT2D eigenvalue weighted by Gasteiger charge is 2.34. The van der Waals surface area contributed by atoms with Gasteiger partial charge in [-0.3, -0.25) is 0 Å². The summed E-state index contributed by atoms with van der Waals surface area (Å²) < 4.78 is 18.3. The number of furan rings is 2. The Morgan fingerprint density at radius 1 is 0.547 bits per heavy atom. The quantitative estimate of drug-likeness (QED) is 0.169. The molecule has 0 saturated carbocycles. The van der Waals surface area contributed by atoms with Crippen LogP contribution in [0.4, 0.5) is 0 Å². The topological polar surface area (TPSA) is 35.1 Å². The zero-order chi connectivity index (χ0) is 36.1. The number of imidazole rings is 1. The van der Waals surface area contributed by atoms with E-state index >= 15 is 0 Å². The van der Waals surface area contributed by atoms with Crippen LogP contribution in [0, 0.1) is 6.92 Å². The van der Waals surface area contributed by atoms with Crippen LogP contribution in [0.25, 0.3) is 93.9 Å². The third-order valence-corrected chi connectivity index (χ3v) is 11.3. The maximum Gasteiger partial charge on any atom is 0.299 e. The van der Waals surface area contributed by atoms with E-state index in [4.69, 9.17) is 8.83 Å². The molecule has 0 aliphatic rings. The van der Waals surface area contributed by atoms with Gasteiger partial charge in [0.05, 0.1) is 7.05 Å². The smallest absolute Gasteiger partial charge is 0.299 e. The van der Waals surface area contributed by atoms with Crippen molar-refractivity contribution in [1.82, 2.24) is 4.57 Å². The Kier molecular flexibility index (Phi) is 6.97. The molecule has 0 aliphatic heterocycles. The summed E-state index contributed by atoms with van der Waals surface area (Å²) in [6, 6.07) is 46.0. The van der Waals surface area contributed by atoms with E-state index in [1.807, 2.05) is 12.1 Å². The van der Waals surface area contributed by atoms with Crippen molar-refractivity contribution in [1.29, 1.82) is 0 Å². The number of hydrogen-bond donors (Lipinski definition) is 0. The molecule has 10 aromatic rings. The van der Waals surface area contributed by atoms with Crippen molar-refractivity contribution >= 4 is 65.7 Å². The summed E-state index contributed by atoms with van der Waals surface area (Å²) in [6.07, 6.45) is 0. The predicted molar refractivity (Wildman–Crippen MR) is 220 cm³/mol. The molecule has 0 fully saturated rings. The van der Waals surface area contributed by atoms with Gasteiger partial charge in [0.25, 0.3) is 5.82 Å². The lowest BCUT2D eigenvalue weighted by molar-refractivity contribution is -0.633. The van der Waals surface area contributed by atoms with Crippen LogP contribution < -0.4 is 4.57 Å². The van der Waals surface area contributed by atoms with Crippen LogP contribution >= 0.6 is 0 Å². The first-order chi connectivity index (χ1) is 25.8. The van der Waals surface area contributed by atoms with E-state index < -0.39 is 0 Å². The summed E-state index contributed by atoms with van der Waals surface area (Å²) in [7, 11) is 2.20. The van der Waals surface area contributed by atoms with E-state index in [1.165, 1.54) is 44.4 Å². The minimum Gasteiger partial charge on any atom is -0.456 e. The molecule has 0 spiro atoms.